The van der Waals surface area contributed by atoms with Crippen molar-refractivity contribution in [3.63, 3.8) is 0 Å². The van der Waals surface area contributed by atoms with Crippen molar-refractivity contribution in [3.8, 4) is 11.5 Å². The van der Waals surface area contributed by atoms with Gasteiger partial charge in [-0.3, -0.25) is 9.59 Å². The van der Waals surface area contributed by atoms with Crippen LogP contribution in [0.2, 0.25) is 0 Å². The molecule has 0 aliphatic carbocycles. The Morgan fingerprint density at radius 3 is 2.88 bits per heavy atom. The highest BCUT2D eigenvalue weighted by atomic mass is 16.6. The number of nitrogens with one attached hydrogen (secondary N) is 1. The maximum absolute atomic E-state index is 12.3. The summed E-state index contributed by atoms with van der Waals surface area (Å²) in [6, 6.07) is 5.32. The van der Waals surface area contributed by atoms with Crippen LogP contribution in [0.1, 0.15) is 13.3 Å². The van der Waals surface area contributed by atoms with Crippen molar-refractivity contribution in [2.75, 3.05) is 38.4 Å². The number of carbonyl (C=O) groups is 2. The number of anilines is 1. The molecule has 0 radical (unpaired) electrons. The quantitative estimate of drug-likeness (QED) is 0.868. The molecule has 0 saturated carbocycles. The summed E-state index contributed by atoms with van der Waals surface area (Å²) in [5.74, 6) is 0.775. The van der Waals surface area contributed by atoms with Crippen LogP contribution in [0.4, 0.5) is 5.69 Å². The summed E-state index contributed by atoms with van der Waals surface area (Å²) < 4.78 is 16.1. The molecule has 2 aliphatic rings. The molecule has 1 N–H and O–H groups in total. The van der Waals surface area contributed by atoms with Crippen LogP contribution in [0.3, 0.4) is 0 Å². The minimum Gasteiger partial charge on any atom is -0.486 e. The molecule has 1 aromatic rings. The summed E-state index contributed by atoms with van der Waals surface area (Å²) in [7, 11) is 1.59. The van der Waals surface area contributed by atoms with Crippen molar-refractivity contribution >= 4 is 17.5 Å². The maximum atomic E-state index is 12.3. The number of fused-ring (bicyclic) bond motifs is 1. The Hall–Kier alpha value is -2.28. The van der Waals surface area contributed by atoms with Gasteiger partial charge in [0.15, 0.2) is 11.5 Å². The molecule has 7 heteroatoms. The molecule has 3 rings (SSSR count). The van der Waals surface area contributed by atoms with Crippen LogP contribution in [0, 0.1) is 5.92 Å². The van der Waals surface area contributed by atoms with Gasteiger partial charge in [0.2, 0.25) is 11.8 Å². The van der Waals surface area contributed by atoms with E-state index in [0.717, 1.165) is 5.69 Å². The minimum atomic E-state index is -0.356. The van der Waals surface area contributed by atoms with Gasteiger partial charge in [-0.15, -0.1) is 0 Å². The van der Waals surface area contributed by atoms with E-state index in [-0.39, 0.29) is 30.2 Å². The Balaban J connectivity index is 1.67. The van der Waals surface area contributed by atoms with Crippen LogP contribution in [0.5, 0.6) is 11.5 Å². The van der Waals surface area contributed by atoms with Crippen molar-refractivity contribution < 1.29 is 23.8 Å². The van der Waals surface area contributed by atoms with Gasteiger partial charge in [-0.05, 0) is 19.1 Å². The first kappa shape index (κ1) is 16.6. The average Bonchev–Trinajstić information content (AvgIpc) is 2.96. The Bertz CT molecular complexity index is 633. The lowest BCUT2D eigenvalue weighted by atomic mass is 10.1. The molecular weight excluding hydrogens is 312 g/mol. The first-order chi connectivity index (χ1) is 11.6. The second-order valence-corrected chi connectivity index (χ2v) is 6.10. The lowest BCUT2D eigenvalue weighted by Crippen LogP contribution is -2.40. The molecule has 1 fully saturated rings. The highest BCUT2D eigenvalue weighted by Crippen LogP contribution is 2.35. The normalized spacial score (nSPS) is 20.8. The van der Waals surface area contributed by atoms with E-state index in [0.29, 0.717) is 37.9 Å². The number of hydrogen-bond acceptors (Lipinski definition) is 5. The van der Waals surface area contributed by atoms with Crippen LogP contribution in [0.15, 0.2) is 18.2 Å². The van der Waals surface area contributed by atoms with Gasteiger partial charge in [0.05, 0.1) is 12.5 Å². The zero-order valence-electron chi connectivity index (χ0n) is 13.9. The number of methoxy groups -OCH3 is 1. The average molecular weight is 334 g/mol. The van der Waals surface area contributed by atoms with Gasteiger partial charge < -0.3 is 24.4 Å². The third kappa shape index (κ3) is 3.46. The van der Waals surface area contributed by atoms with E-state index >= 15 is 0 Å². The maximum Gasteiger partial charge on any atom is 0.227 e. The summed E-state index contributed by atoms with van der Waals surface area (Å²) in [6.45, 7) is 3.70. The van der Waals surface area contributed by atoms with Gasteiger partial charge in [-0.2, -0.15) is 0 Å². The fourth-order valence-corrected chi connectivity index (χ4v) is 2.99. The summed E-state index contributed by atoms with van der Waals surface area (Å²) in [5.41, 5.74) is 0.726. The van der Waals surface area contributed by atoms with Gasteiger partial charge in [0.25, 0.3) is 0 Å². The molecule has 2 heterocycles. The van der Waals surface area contributed by atoms with E-state index in [4.69, 9.17) is 14.2 Å². The van der Waals surface area contributed by atoms with Gasteiger partial charge in [0.1, 0.15) is 13.2 Å². The van der Waals surface area contributed by atoms with E-state index in [1.54, 1.807) is 24.1 Å². The van der Waals surface area contributed by atoms with Gasteiger partial charge in [-0.1, -0.05) is 0 Å². The summed E-state index contributed by atoms with van der Waals surface area (Å²) in [6.07, 6.45) is 0.208. The minimum absolute atomic E-state index is 0.0637. The second kappa shape index (κ2) is 7.09. The fraction of sp³-hybridized carbons (Fsp3) is 0.529. The highest BCUT2D eigenvalue weighted by molar-refractivity contribution is 6.00. The third-order valence-corrected chi connectivity index (χ3v) is 4.14. The molecule has 7 nitrogen and oxygen atoms in total. The van der Waals surface area contributed by atoms with Gasteiger partial charge >= 0.3 is 0 Å². The topological polar surface area (TPSA) is 77.1 Å². The zero-order chi connectivity index (χ0) is 17.1. The number of nitrogens with zero attached hydrogens (tertiary/aromatic N) is 1. The molecule has 24 heavy (non-hydrogen) atoms. The first-order valence-electron chi connectivity index (χ1n) is 8.08. The number of hydrogen-bond donors (Lipinski definition) is 1. The standard InChI is InChI=1S/C17H22N2O5/c1-11(10-22-2)18-17(21)12-7-16(20)19(9-12)13-3-4-14-15(8-13)24-6-5-23-14/h3-4,8,11-12H,5-7,9-10H2,1-2H3,(H,18,21). The van der Waals surface area contributed by atoms with Crippen LogP contribution < -0.4 is 19.7 Å². The molecule has 1 saturated heterocycles. The van der Waals surface area contributed by atoms with E-state index < -0.39 is 0 Å². The molecular formula is C17H22N2O5. The van der Waals surface area contributed by atoms with Crippen molar-refractivity contribution in [2.45, 2.75) is 19.4 Å². The Kier molecular flexibility index (Phi) is 4.89. The first-order valence-corrected chi connectivity index (χ1v) is 8.08. The lowest BCUT2D eigenvalue weighted by molar-refractivity contribution is -0.127. The molecule has 2 unspecified atom stereocenters. The summed E-state index contributed by atoms with van der Waals surface area (Å²) >= 11 is 0. The van der Waals surface area contributed by atoms with Crippen molar-refractivity contribution in [2.24, 2.45) is 5.92 Å². The predicted molar refractivity (Wildman–Crippen MR) is 87.4 cm³/mol. The predicted octanol–water partition coefficient (Wildman–Crippen LogP) is 0.962. The second-order valence-electron chi connectivity index (χ2n) is 6.10. The van der Waals surface area contributed by atoms with E-state index in [1.807, 2.05) is 13.0 Å². The van der Waals surface area contributed by atoms with E-state index in [9.17, 15) is 9.59 Å². The van der Waals surface area contributed by atoms with Crippen LogP contribution in [-0.2, 0) is 14.3 Å². The van der Waals surface area contributed by atoms with Crippen LogP contribution >= 0.6 is 0 Å². The SMILES string of the molecule is COCC(C)NC(=O)C1CC(=O)N(c2ccc3c(c2)OCCO3)C1. The number of amides is 2. The lowest BCUT2D eigenvalue weighted by Gasteiger charge is -2.22. The summed E-state index contributed by atoms with van der Waals surface area (Å²) in [5, 5.41) is 2.88. The van der Waals surface area contributed by atoms with Gasteiger partial charge in [0, 0.05) is 37.9 Å². The molecule has 2 aliphatic heterocycles. The molecule has 2 atom stereocenters. The molecule has 0 aromatic heterocycles. The number of carbonyl (C=O) groups excluding carboxylic acids is 2. The molecule has 1 aromatic carbocycles. The van der Waals surface area contributed by atoms with Crippen LogP contribution in [-0.4, -0.2) is 51.3 Å². The van der Waals surface area contributed by atoms with Gasteiger partial charge in [-0.25, -0.2) is 0 Å². The number of ether oxygens (including phenoxy) is 3. The highest BCUT2D eigenvalue weighted by Gasteiger charge is 2.35. The van der Waals surface area contributed by atoms with E-state index in [1.165, 1.54) is 0 Å². The Morgan fingerprint density at radius 1 is 1.38 bits per heavy atom. The zero-order valence-corrected chi connectivity index (χ0v) is 13.9. The van der Waals surface area contributed by atoms with Crippen LogP contribution in [0.25, 0.3) is 0 Å². The largest absolute Gasteiger partial charge is 0.486 e. The van der Waals surface area contributed by atoms with Crippen molar-refractivity contribution in [1.29, 1.82) is 0 Å². The smallest absolute Gasteiger partial charge is 0.227 e. The fourth-order valence-electron chi connectivity index (χ4n) is 2.99. The third-order valence-electron chi connectivity index (χ3n) is 4.14. The van der Waals surface area contributed by atoms with Crippen molar-refractivity contribution in [1.82, 2.24) is 5.32 Å². The number of benzene rings is 1. The Labute approximate surface area is 140 Å². The molecule has 2 amide bonds. The molecule has 130 valence electrons. The van der Waals surface area contributed by atoms with E-state index in [2.05, 4.69) is 5.32 Å². The number of rotatable bonds is 5. The van der Waals surface area contributed by atoms with Crippen molar-refractivity contribution in [3.05, 3.63) is 18.2 Å². The monoisotopic (exact) mass is 334 g/mol. The molecule has 0 spiro atoms. The summed E-state index contributed by atoms with van der Waals surface area (Å²) in [4.78, 5) is 26.2. The molecule has 0 bridgehead atoms. The Morgan fingerprint density at radius 2 is 2.12 bits per heavy atom.